The molecule has 1 fully saturated rings. The van der Waals surface area contributed by atoms with Crippen molar-refractivity contribution in [2.45, 2.75) is 17.8 Å². The maximum Gasteiger partial charge on any atom is 0.123 e. The van der Waals surface area contributed by atoms with Gasteiger partial charge in [0.25, 0.3) is 0 Å². The van der Waals surface area contributed by atoms with Crippen LogP contribution in [0.3, 0.4) is 0 Å². The van der Waals surface area contributed by atoms with Gasteiger partial charge in [0.1, 0.15) is 12.4 Å². The van der Waals surface area contributed by atoms with Crippen LogP contribution in [-0.2, 0) is 6.54 Å². The number of benzene rings is 1. The predicted octanol–water partition coefficient (Wildman–Crippen LogP) is 1.58. The molecular formula is C14H20N2OS. The van der Waals surface area contributed by atoms with E-state index in [0.717, 1.165) is 38.5 Å². The lowest BCUT2D eigenvalue weighted by molar-refractivity contribution is 0.181. The number of nitrogens with one attached hydrogen (secondary N) is 1. The van der Waals surface area contributed by atoms with E-state index in [1.54, 1.807) is 0 Å². The molecule has 3 nitrogen and oxygen atoms in total. The van der Waals surface area contributed by atoms with E-state index in [0.29, 0.717) is 11.3 Å². The van der Waals surface area contributed by atoms with Crippen molar-refractivity contribution in [3.63, 3.8) is 0 Å². The van der Waals surface area contributed by atoms with E-state index in [-0.39, 0.29) is 0 Å². The summed E-state index contributed by atoms with van der Waals surface area (Å²) < 4.78 is 5.84. The highest BCUT2D eigenvalue weighted by molar-refractivity contribution is 7.99. The number of para-hydroxylation sites is 1. The summed E-state index contributed by atoms with van der Waals surface area (Å²) in [6, 6.07) is 9.05. The first-order chi connectivity index (χ1) is 8.88. The summed E-state index contributed by atoms with van der Waals surface area (Å²) in [6.45, 7) is 5.07. The SMILES string of the molecule is CSC1CNCC1N1CCOc2ccccc2C1. The number of ether oxygens (including phenoxy) is 1. The topological polar surface area (TPSA) is 24.5 Å². The number of hydrogen-bond donors (Lipinski definition) is 1. The van der Waals surface area contributed by atoms with Crippen molar-refractivity contribution in [3.05, 3.63) is 29.8 Å². The fourth-order valence-corrected chi connectivity index (χ4v) is 3.74. The molecule has 1 aromatic carbocycles. The van der Waals surface area contributed by atoms with Crippen LogP contribution >= 0.6 is 11.8 Å². The first-order valence-corrected chi connectivity index (χ1v) is 7.85. The molecule has 18 heavy (non-hydrogen) atoms. The Hall–Kier alpha value is -0.710. The lowest BCUT2D eigenvalue weighted by Crippen LogP contribution is -2.42. The lowest BCUT2D eigenvalue weighted by atomic mass is 10.1. The Labute approximate surface area is 113 Å². The second-order valence-corrected chi connectivity index (χ2v) is 6.00. The molecule has 1 N–H and O–H groups in total. The quantitative estimate of drug-likeness (QED) is 0.876. The highest BCUT2D eigenvalue weighted by Crippen LogP contribution is 2.27. The zero-order chi connectivity index (χ0) is 12.4. The largest absolute Gasteiger partial charge is 0.492 e. The molecule has 2 aliphatic rings. The van der Waals surface area contributed by atoms with Gasteiger partial charge in [-0.25, -0.2) is 0 Å². The summed E-state index contributed by atoms with van der Waals surface area (Å²) in [5.41, 5.74) is 1.32. The zero-order valence-electron chi connectivity index (χ0n) is 10.8. The van der Waals surface area contributed by atoms with Gasteiger partial charge in [0.2, 0.25) is 0 Å². The van der Waals surface area contributed by atoms with Crippen LogP contribution < -0.4 is 10.1 Å². The summed E-state index contributed by atoms with van der Waals surface area (Å²) in [6.07, 6.45) is 2.22. The molecule has 2 unspecified atom stereocenters. The molecule has 0 aliphatic carbocycles. The fourth-order valence-electron chi connectivity index (χ4n) is 2.87. The molecule has 4 heteroatoms. The fraction of sp³-hybridized carbons (Fsp3) is 0.571. The van der Waals surface area contributed by atoms with Crippen LogP contribution in [0, 0.1) is 0 Å². The van der Waals surface area contributed by atoms with Crippen LogP contribution in [-0.4, -0.2) is 48.7 Å². The average Bonchev–Trinajstić information content (AvgIpc) is 2.77. The van der Waals surface area contributed by atoms with Crippen LogP contribution in [0.1, 0.15) is 5.56 Å². The maximum absolute atomic E-state index is 5.84. The van der Waals surface area contributed by atoms with Gasteiger partial charge >= 0.3 is 0 Å². The molecule has 0 saturated carbocycles. The highest BCUT2D eigenvalue weighted by atomic mass is 32.2. The Kier molecular flexibility index (Phi) is 3.77. The van der Waals surface area contributed by atoms with Gasteiger partial charge in [-0.2, -0.15) is 11.8 Å². The van der Waals surface area contributed by atoms with E-state index in [9.17, 15) is 0 Å². The minimum Gasteiger partial charge on any atom is -0.492 e. The minimum absolute atomic E-state index is 0.634. The first-order valence-electron chi connectivity index (χ1n) is 6.57. The molecule has 2 aliphatic heterocycles. The Morgan fingerprint density at radius 1 is 1.33 bits per heavy atom. The van der Waals surface area contributed by atoms with Gasteiger partial charge in [0.05, 0.1) is 0 Å². The first kappa shape index (κ1) is 12.3. The van der Waals surface area contributed by atoms with E-state index >= 15 is 0 Å². The Morgan fingerprint density at radius 3 is 3.11 bits per heavy atom. The van der Waals surface area contributed by atoms with Crippen LogP contribution in [0.5, 0.6) is 5.75 Å². The molecule has 0 aromatic heterocycles. The van der Waals surface area contributed by atoms with Gasteiger partial charge in [-0.15, -0.1) is 0 Å². The number of rotatable bonds is 2. The van der Waals surface area contributed by atoms with Gasteiger partial charge in [0.15, 0.2) is 0 Å². The number of thioether (sulfide) groups is 1. The van der Waals surface area contributed by atoms with E-state index in [1.165, 1.54) is 5.56 Å². The molecule has 0 amide bonds. The number of fused-ring (bicyclic) bond motifs is 1. The summed E-state index contributed by atoms with van der Waals surface area (Å²) in [7, 11) is 0. The Morgan fingerprint density at radius 2 is 2.22 bits per heavy atom. The third-order valence-electron chi connectivity index (χ3n) is 3.88. The summed E-state index contributed by atoms with van der Waals surface area (Å²) in [5, 5.41) is 4.22. The summed E-state index contributed by atoms with van der Waals surface area (Å²) in [5.74, 6) is 1.06. The summed E-state index contributed by atoms with van der Waals surface area (Å²) in [4.78, 5) is 2.58. The molecule has 1 aromatic rings. The van der Waals surface area contributed by atoms with Gasteiger partial charge in [0, 0.05) is 43.0 Å². The van der Waals surface area contributed by atoms with Crippen molar-refractivity contribution >= 4 is 11.8 Å². The van der Waals surface area contributed by atoms with Crippen LogP contribution in [0.15, 0.2) is 24.3 Å². The van der Waals surface area contributed by atoms with E-state index in [2.05, 4.69) is 40.7 Å². The second-order valence-electron chi connectivity index (χ2n) is 4.93. The lowest BCUT2D eigenvalue weighted by Gasteiger charge is -2.30. The third kappa shape index (κ3) is 2.37. The maximum atomic E-state index is 5.84. The third-order valence-corrected chi connectivity index (χ3v) is 4.97. The number of nitrogens with zero attached hydrogens (tertiary/aromatic N) is 1. The van der Waals surface area contributed by atoms with Crippen molar-refractivity contribution in [2.75, 3.05) is 32.5 Å². The molecule has 0 radical (unpaired) electrons. The van der Waals surface area contributed by atoms with E-state index < -0.39 is 0 Å². The Balaban J connectivity index is 1.78. The Bertz CT molecular complexity index is 413. The minimum atomic E-state index is 0.634. The predicted molar refractivity (Wildman–Crippen MR) is 76.3 cm³/mol. The highest BCUT2D eigenvalue weighted by Gasteiger charge is 2.32. The average molecular weight is 264 g/mol. The summed E-state index contributed by atoms with van der Waals surface area (Å²) >= 11 is 1.98. The molecule has 2 atom stereocenters. The zero-order valence-corrected chi connectivity index (χ0v) is 11.6. The molecule has 3 rings (SSSR count). The monoisotopic (exact) mass is 264 g/mol. The van der Waals surface area contributed by atoms with Crippen molar-refractivity contribution < 1.29 is 4.74 Å². The van der Waals surface area contributed by atoms with Gasteiger partial charge in [-0.1, -0.05) is 18.2 Å². The van der Waals surface area contributed by atoms with Gasteiger partial charge < -0.3 is 10.1 Å². The van der Waals surface area contributed by atoms with Crippen molar-refractivity contribution in [1.82, 2.24) is 10.2 Å². The molecule has 0 spiro atoms. The van der Waals surface area contributed by atoms with Crippen molar-refractivity contribution in [2.24, 2.45) is 0 Å². The molecule has 0 bridgehead atoms. The van der Waals surface area contributed by atoms with Crippen LogP contribution in [0.25, 0.3) is 0 Å². The molecule has 2 heterocycles. The van der Waals surface area contributed by atoms with Gasteiger partial charge in [-0.3, -0.25) is 4.90 Å². The second kappa shape index (κ2) is 5.51. The molecule has 1 saturated heterocycles. The van der Waals surface area contributed by atoms with Crippen LogP contribution in [0.2, 0.25) is 0 Å². The van der Waals surface area contributed by atoms with E-state index in [4.69, 9.17) is 4.74 Å². The standard InChI is InChI=1S/C14H20N2OS/c1-18-14-9-15-8-12(14)16-6-7-17-13-5-3-2-4-11(13)10-16/h2-5,12,14-15H,6-10H2,1H3. The molecule has 98 valence electrons. The van der Waals surface area contributed by atoms with Crippen LogP contribution in [0.4, 0.5) is 0 Å². The van der Waals surface area contributed by atoms with Crippen molar-refractivity contribution in [1.29, 1.82) is 0 Å². The molecular weight excluding hydrogens is 244 g/mol. The van der Waals surface area contributed by atoms with Gasteiger partial charge in [-0.05, 0) is 12.3 Å². The normalized spacial score (nSPS) is 28.5. The van der Waals surface area contributed by atoms with Crippen molar-refractivity contribution in [3.8, 4) is 5.75 Å². The number of hydrogen-bond acceptors (Lipinski definition) is 4. The smallest absolute Gasteiger partial charge is 0.123 e. The van der Waals surface area contributed by atoms with E-state index in [1.807, 2.05) is 11.8 Å².